The van der Waals surface area contributed by atoms with Gasteiger partial charge in [0, 0.05) is 5.41 Å². The summed E-state index contributed by atoms with van der Waals surface area (Å²) in [6, 6.07) is 6.88. The second kappa shape index (κ2) is 4.90. The smallest absolute Gasteiger partial charge is 0.123 e. The molecule has 2 aliphatic carbocycles. The van der Waals surface area contributed by atoms with Crippen LogP contribution in [0.4, 0.5) is 4.39 Å². The van der Waals surface area contributed by atoms with Gasteiger partial charge in [0.25, 0.3) is 0 Å². The molecule has 1 aromatic rings. The predicted octanol–water partition coefficient (Wildman–Crippen LogP) is 4.04. The summed E-state index contributed by atoms with van der Waals surface area (Å²) in [6.45, 7) is 2.32. The molecule has 0 unspecified atom stereocenters. The molecule has 0 radical (unpaired) electrons. The van der Waals surface area contributed by atoms with Crippen LogP contribution in [0.1, 0.15) is 51.0 Å². The molecule has 0 amide bonds. The summed E-state index contributed by atoms with van der Waals surface area (Å²) in [6.07, 6.45) is 6.44. The Morgan fingerprint density at radius 2 is 1.84 bits per heavy atom. The van der Waals surface area contributed by atoms with Crippen molar-refractivity contribution in [3.8, 4) is 0 Å². The minimum Gasteiger partial charge on any atom is -0.392 e. The molecule has 1 nitrogen and oxygen atoms in total. The third-order valence-electron chi connectivity index (χ3n) is 5.57. The predicted molar refractivity (Wildman–Crippen MR) is 74.4 cm³/mol. The fourth-order valence-corrected chi connectivity index (χ4v) is 4.67. The second-order valence-electron chi connectivity index (χ2n) is 6.47. The van der Waals surface area contributed by atoms with E-state index in [0.29, 0.717) is 11.8 Å². The molecule has 0 bridgehead atoms. The molecule has 2 heteroatoms. The van der Waals surface area contributed by atoms with Crippen molar-refractivity contribution >= 4 is 0 Å². The fourth-order valence-electron chi connectivity index (χ4n) is 4.67. The molecule has 0 spiro atoms. The zero-order valence-corrected chi connectivity index (χ0v) is 11.6. The molecule has 4 atom stereocenters. The van der Waals surface area contributed by atoms with E-state index in [9.17, 15) is 9.50 Å². The van der Waals surface area contributed by atoms with Crippen LogP contribution in [0, 0.1) is 17.7 Å². The lowest BCUT2D eigenvalue weighted by Gasteiger charge is -2.53. The number of benzene rings is 1. The lowest BCUT2D eigenvalue weighted by molar-refractivity contribution is -0.0419. The zero-order chi connectivity index (χ0) is 13.5. The summed E-state index contributed by atoms with van der Waals surface area (Å²) in [7, 11) is 0. The molecule has 1 aromatic carbocycles. The number of fused-ring (bicyclic) bond motifs is 1. The van der Waals surface area contributed by atoms with E-state index in [1.54, 1.807) is 12.1 Å². The summed E-state index contributed by atoms with van der Waals surface area (Å²) in [5.41, 5.74) is 1.03. The van der Waals surface area contributed by atoms with Crippen LogP contribution < -0.4 is 0 Å². The number of hydrogen-bond donors (Lipinski definition) is 1. The quantitative estimate of drug-likeness (QED) is 0.809. The van der Waals surface area contributed by atoms with E-state index in [-0.39, 0.29) is 17.3 Å². The number of aliphatic hydroxyl groups is 1. The zero-order valence-electron chi connectivity index (χ0n) is 11.6. The van der Waals surface area contributed by atoms with E-state index >= 15 is 0 Å². The van der Waals surface area contributed by atoms with Crippen molar-refractivity contribution in [1.29, 1.82) is 0 Å². The summed E-state index contributed by atoms with van der Waals surface area (Å²) in [5, 5.41) is 10.7. The average molecular weight is 262 g/mol. The summed E-state index contributed by atoms with van der Waals surface area (Å²) >= 11 is 0. The number of hydrogen-bond acceptors (Lipinski definition) is 1. The Kier molecular flexibility index (Phi) is 3.38. The molecule has 104 valence electrons. The van der Waals surface area contributed by atoms with Crippen LogP contribution >= 0.6 is 0 Å². The van der Waals surface area contributed by atoms with Crippen molar-refractivity contribution in [3.05, 3.63) is 35.6 Å². The monoisotopic (exact) mass is 262 g/mol. The van der Waals surface area contributed by atoms with Crippen molar-refractivity contribution in [3.63, 3.8) is 0 Å². The Hall–Kier alpha value is -0.890. The molecule has 2 saturated carbocycles. The molecule has 3 rings (SSSR count). The molecular weight excluding hydrogens is 239 g/mol. The fraction of sp³-hybridized carbons (Fsp3) is 0.647. The standard InChI is InChI=1S/C17H23FO/c1-12-4-3-11-17(13-7-9-14(18)10-8-13)15(12)5-2-6-16(17)19/h7-10,12,15-16,19H,2-6,11H2,1H3/t12-,15-,16-,17+/m0/s1. The van der Waals surface area contributed by atoms with Crippen LogP contribution in [0.5, 0.6) is 0 Å². The van der Waals surface area contributed by atoms with E-state index in [2.05, 4.69) is 6.92 Å². The Labute approximate surface area is 114 Å². The van der Waals surface area contributed by atoms with E-state index in [0.717, 1.165) is 24.8 Å². The Bertz CT molecular complexity index is 441. The van der Waals surface area contributed by atoms with E-state index in [1.807, 2.05) is 12.1 Å². The summed E-state index contributed by atoms with van der Waals surface area (Å²) < 4.78 is 13.2. The van der Waals surface area contributed by atoms with Gasteiger partial charge in [-0.3, -0.25) is 0 Å². The van der Waals surface area contributed by atoms with Gasteiger partial charge in [0.05, 0.1) is 6.10 Å². The number of rotatable bonds is 1. The summed E-state index contributed by atoms with van der Waals surface area (Å²) in [4.78, 5) is 0. The second-order valence-corrected chi connectivity index (χ2v) is 6.47. The maximum absolute atomic E-state index is 13.2. The first-order valence-corrected chi connectivity index (χ1v) is 7.58. The number of aliphatic hydroxyl groups excluding tert-OH is 1. The molecule has 19 heavy (non-hydrogen) atoms. The number of halogens is 1. The summed E-state index contributed by atoms with van der Waals surface area (Å²) in [5.74, 6) is 1.02. The van der Waals surface area contributed by atoms with Gasteiger partial charge in [-0.25, -0.2) is 4.39 Å². The van der Waals surface area contributed by atoms with Crippen molar-refractivity contribution in [2.24, 2.45) is 11.8 Å². The van der Waals surface area contributed by atoms with Gasteiger partial charge in [-0.15, -0.1) is 0 Å². The minimum absolute atomic E-state index is 0.121. The SMILES string of the molecule is C[C@H]1CCC[C@]2(c3ccc(F)cc3)[C@@H](O)CCC[C@@H]12. The Morgan fingerprint density at radius 1 is 1.11 bits per heavy atom. The van der Waals surface area contributed by atoms with Crippen LogP contribution in [0.15, 0.2) is 24.3 Å². The van der Waals surface area contributed by atoms with E-state index in [4.69, 9.17) is 0 Å². The molecule has 0 aromatic heterocycles. The van der Waals surface area contributed by atoms with Crippen LogP contribution in [-0.4, -0.2) is 11.2 Å². The van der Waals surface area contributed by atoms with E-state index in [1.165, 1.54) is 19.3 Å². The van der Waals surface area contributed by atoms with Gasteiger partial charge in [-0.05, 0) is 48.8 Å². The normalized spacial score (nSPS) is 38.8. The van der Waals surface area contributed by atoms with E-state index < -0.39 is 0 Å². The lowest BCUT2D eigenvalue weighted by atomic mass is 9.52. The van der Waals surface area contributed by atoms with Crippen LogP contribution in [0.2, 0.25) is 0 Å². The van der Waals surface area contributed by atoms with Crippen LogP contribution in [-0.2, 0) is 5.41 Å². The lowest BCUT2D eigenvalue weighted by Crippen LogP contribution is -2.53. The van der Waals surface area contributed by atoms with Gasteiger partial charge in [0.1, 0.15) is 5.82 Å². The maximum Gasteiger partial charge on any atom is 0.123 e. The average Bonchev–Trinajstić information content (AvgIpc) is 2.41. The highest BCUT2D eigenvalue weighted by atomic mass is 19.1. The van der Waals surface area contributed by atoms with Crippen molar-refractivity contribution in [1.82, 2.24) is 0 Å². The molecule has 2 aliphatic rings. The van der Waals surface area contributed by atoms with Crippen molar-refractivity contribution in [2.75, 3.05) is 0 Å². The Morgan fingerprint density at radius 3 is 2.58 bits per heavy atom. The van der Waals surface area contributed by atoms with Crippen molar-refractivity contribution < 1.29 is 9.50 Å². The molecule has 1 N–H and O–H groups in total. The first kappa shape index (κ1) is 13.1. The first-order valence-electron chi connectivity index (χ1n) is 7.58. The van der Waals surface area contributed by atoms with Gasteiger partial charge >= 0.3 is 0 Å². The van der Waals surface area contributed by atoms with Gasteiger partial charge in [0.2, 0.25) is 0 Å². The molecule has 0 aliphatic heterocycles. The van der Waals surface area contributed by atoms with Gasteiger partial charge in [0.15, 0.2) is 0 Å². The van der Waals surface area contributed by atoms with Gasteiger partial charge in [-0.2, -0.15) is 0 Å². The third-order valence-corrected chi connectivity index (χ3v) is 5.57. The topological polar surface area (TPSA) is 20.2 Å². The molecule has 0 heterocycles. The Balaban J connectivity index is 2.06. The highest BCUT2D eigenvalue weighted by Gasteiger charge is 2.51. The maximum atomic E-state index is 13.2. The highest BCUT2D eigenvalue weighted by molar-refractivity contribution is 5.31. The molecular formula is C17H23FO. The highest BCUT2D eigenvalue weighted by Crippen LogP contribution is 2.54. The van der Waals surface area contributed by atoms with Crippen molar-refractivity contribution in [2.45, 2.75) is 57.0 Å². The minimum atomic E-state index is -0.264. The molecule has 0 saturated heterocycles. The first-order chi connectivity index (χ1) is 9.14. The van der Waals surface area contributed by atoms with Crippen LogP contribution in [0.3, 0.4) is 0 Å². The van der Waals surface area contributed by atoms with Crippen LogP contribution in [0.25, 0.3) is 0 Å². The van der Waals surface area contributed by atoms with Gasteiger partial charge in [-0.1, -0.05) is 38.3 Å². The third kappa shape index (κ3) is 2.01. The van der Waals surface area contributed by atoms with Gasteiger partial charge < -0.3 is 5.11 Å². The molecule has 2 fully saturated rings. The largest absolute Gasteiger partial charge is 0.392 e.